The zero-order chi connectivity index (χ0) is 18.0. The molecule has 0 saturated carbocycles. The molecular formula is C18H26FIN4O2. The van der Waals surface area contributed by atoms with Gasteiger partial charge in [-0.05, 0) is 38.5 Å². The number of rotatable bonds is 2. The van der Waals surface area contributed by atoms with E-state index >= 15 is 0 Å². The Morgan fingerprint density at radius 2 is 2.00 bits per heavy atom. The second kappa shape index (κ2) is 8.41. The Hall–Kier alpha value is -1.58. The van der Waals surface area contributed by atoms with Crippen LogP contribution in [0.1, 0.15) is 26.3 Å². The third kappa shape index (κ3) is 5.21. The van der Waals surface area contributed by atoms with Gasteiger partial charge in [-0.25, -0.2) is 9.18 Å². The average Bonchev–Trinajstić information content (AvgIpc) is 2.95. The van der Waals surface area contributed by atoms with Gasteiger partial charge < -0.3 is 19.9 Å². The molecule has 0 spiro atoms. The highest BCUT2D eigenvalue weighted by Gasteiger charge is 2.36. The van der Waals surface area contributed by atoms with Gasteiger partial charge in [0.05, 0.1) is 12.6 Å². The van der Waals surface area contributed by atoms with Gasteiger partial charge in [0.1, 0.15) is 11.4 Å². The van der Waals surface area contributed by atoms with Crippen molar-refractivity contribution in [1.29, 1.82) is 0 Å². The van der Waals surface area contributed by atoms with Crippen LogP contribution < -0.4 is 5.32 Å². The van der Waals surface area contributed by atoms with Crippen LogP contribution in [0.2, 0.25) is 0 Å². The molecule has 1 aromatic rings. The average molecular weight is 476 g/mol. The summed E-state index contributed by atoms with van der Waals surface area (Å²) >= 11 is 0. The van der Waals surface area contributed by atoms with Crippen LogP contribution in [0.4, 0.5) is 9.18 Å². The second-order valence-corrected chi connectivity index (χ2v) is 7.42. The summed E-state index contributed by atoms with van der Waals surface area (Å²) in [6.07, 6.45) is -0.264. The maximum absolute atomic E-state index is 13.0. The number of hydrogen-bond acceptors (Lipinski definition) is 5. The summed E-state index contributed by atoms with van der Waals surface area (Å²) in [4.78, 5) is 20.7. The third-order valence-electron chi connectivity index (χ3n) is 4.22. The normalized spacial score (nSPS) is 19.4. The predicted molar refractivity (Wildman–Crippen MR) is 109 cm³/mol. The van der Waals surface area contributed by atoms with Crippen LogP contribution in [0.25, 0.3) is 0 Å². The van der Waals surface area contributed by atoms with Gasteiger partial charge in [-0.3, -0.25) is 4.99 Å². The third-order valence-corrected chi connectivity index (χ3v) is 4.22. The number of carbonyl (C=O) groups is 1. The van der Waals surface area contributed by atoms with Crippen LogP contribution in [0, 0.1) is 5.82 Å². The summed E-state index contributed by atoms with van der Waals surface area (Å²) in [5, 5.41) is 3.32. The van der Waals surface area contributed by atoms with Crippen molar-refractivity contribution in [2.45, 2.75) is 39.0 Å². The lowest BCUT2D eigenvalue weighted by atomic mass is 10.2. The molecule has 0 aliphatic carbocycles. The Kier molecular flexibility index (Phi) is 6.70. The Labute approximate surface area is 170 Å². The number of hydrogen-bond donors (Lipinski definition) is 1. The van der Waals surface area contributed by atoms with Crippen molar-refractivity contribution in [2.75, 3.05) is 26.2 Å². The number of aliphatic imine (C=N–C) groups is 1. The predicted octanol–water partition coefficient (Wildman–Crippen LogP) is 2.82. The minimum absolute atomic E-state index is 0. The lowest BCUT2D eigenvalue weighted by Gasteiger charge is -2.39. The van der Waals surface area contributed by atoms with Crippen LogP contribution in [0.3, 0.4) is 0 Å². The molecule has 1 fully saturated rings. The Balaban J connectivity index is 0.00000243. The number of carbonyl (C=O) groups excluding carboxylic acids is 1. The minimum Gasteiger partial charge on any atom is -0.444 e. The molecule has 1 aromatic carbocycles. The molecule has 2 aliphatic heterocycles. The van der Waals surface area contributed by atoms with Gasteiger partial charge in [-0.2, -0.15) is 0 Å². The van der Waals surface area contributed by atoms with Crippen molar-refractivity contribution >= 4 is 36.0 Å². The van der Waals surface area contributed by atoms with Crippen LogP contribution in [-0.4, -0.2) is 59.7 Å². The first-order valence-corrected chi connectivity index (χ1v) is 8.59. The van der Waals surface area contributed by atoms with Crippen LogP contribution in [0.5, 0.6) is 0 Å². The number of benzene rings is 1. The molecule has 0 aromatic heterocycles. The molecule has 1 saturated heterocycles. The van der Waals surface area contributed by atoms with E-state index in [0.717, 1.165) is 18.1 Å². The van der Waals surface area contributed by atoms with Gasteiger partial charge in [0.25, 0.3) is 0 Å². The molecule has 2 heterocycles. The number of guanidine groups is 1. The summed E-state index contributed by atoms with van der Waals surface area (Å²) in [6.45, 7) is 8.82. The second-order valence-electron chi connectivity index (χ2n) is 7.42. The van der Waals surface area contributed by atoms with Gasteiger partial charge in [0.15, 0.2) is 5.96 Å². The van der Waals surface area contributed by atoms with Crippen LogP contribution in [-0.2, 0) is 11.3 Å². The van der Waals surface area contributed by atoms with E-state index in [1.807, 2.05) is 20.8 Å². The highest BCUT2D eigenvalue weighted by atomic mass is 127. The number of piperazine rings is 1. The molecule has 2 aliphatic rings. The van der Waals surface area contributed by atoms with Gasteiger partial charge in [-0.1, -0.05) is 12.1 Å². The van der Waals surface area contributed by atoms with E-state index < -0.39 is 5.60 Å². The van der Waals surface area contributed by atoms with Crippen LogP contribution >= 0.6 is 24.0 Å². The van der Waals surface area contributed by atoms with Crippen molar-refractivity contribution in [2.24, 2.45) is 4.99 Å². The van der Waals surface area contributed by atoms with Gasteiger partial charge in [0.2, 0.25) is 0 Å². The molecule has 26 heavy (non-hydrogen) atoms. The van der Waals surface area contributed by atoms with Crippen molar-refractivity contribution < 1.29 is 13.9 Å². The highest BCUT2D eigenvalue weighted by Crippen LogP contribution is 2.18. The fraction of sp³-hybridized carbons (Fsp3) is 0.556. The molecular weight excluding hydrogens is 450 g/mol. The van der Waals surface area contributed by atoms with E-state index in [9.17, 15) is 9.18 Å². The zero-order valence-corrected chi connectivity index (χ0v) is 17.7. The van der Waals surface area contributed by atoms with Crippen molar-refractivity contribution in [1.82, 2.24) is 15.1 Å². The Morgan fingerprint density at radius 3 is 2.65 bits per heavy atom. The standard InChI is InChI=1S/C18H25FN4O2.HI/c1-18(2,3)25-17(24)22-8-9-23-15(12-22)11-21-16(23)20-10-13-4-6-14(19)7-5-13;/h4-7,15H,8-12H2,1-3H3,(H,20,21);1H. The van der Waals surface area contributed by atoms with Crippen molar-refractivity contribution in [3.63, 3.8) is 0 Å². The quantitative estimate of drug-likeness (QED) is 0.668. The number of fused-ring (bicyclic) bond motifs is 1. The molecule has 1 amide bonds. The van der Waals surface area contributed by atoms with E-state index in [2.05, 4.69) is 15.2 Å². The topological polar surface area (TPSA) is 57.2 Å². The monoisotopic (exact) mass is 476 g/mol. The largest absolute Gasteiger partial charge is 0.444 e. The summed E-state index contributed by atoms with van der Waals surface area (Å²) < 4.78 is 18.4. The summed E-state index contributed by atoms with van der Waals surface area (Å²) in [6, 6.07) is 6.61. The van der Waals surface area contributed by atoms with E-state index in [1.165, 1.54) is 12.1 Å². The number of amides is 1. The highest BCUT2D eigenvalue weighted by molar-refractivity contribution is 14.0. The van der Waals surface area contributed by atoms with Gasteiger partial charge in [-0.15, -0.1) is 24.0 Å². The van der Waals surface area contributed by atoms with Crippen molar-refractivity contribution in [3.8, 4) is 0 Å². The maximum atomic E-state index is 13.0. The first kappa shape index (κ1) is 20.7. The first-order chi connectivity index (χ1) is 11.8. The molecule has 3 rings (SSSR count). The first-order valence-electron chi connectivity index (χ1n) is 8.59. The fourth-order valence-corrected chi connectivity index (χ4v) is 3.01. The number of ether oxygens (including phenoxy) is 1. The molecule has 1 N–H and O–H groups in total. The minimum atomic E-state index is -0.484. The van der Waals surface area contributed by atoms with Gasteiger partial charge in [0, 0.05) is 26.2 Å². The SMILES string of the molecule is CC(C)(C)OC(=O)N1CCN2C(NCc3ccc(F)cc3)=NCC2C1.I. The molecule has 144 valence electrons. The molecule has 0 radical (unpaired) electrons. The lowest BCUT2D eigenvalue weighted by Crippen LogP contribution is -2.57. The zero-order valence-electron chi connectivity index (χ0n) is 15.4. The fourth-order valence-electron chi connectivity index (χ4n) is 3.01. The lowest BCUT2D eigenvalue weighted by molar-refractivity contribution is 0.0137. The summed E-state index contributed by atoms with van der Waals surface area (Å²) in [5.74, 6) is 0.610. The molecule has 1 unspecified atom stereocenters. The van der Waals surface area contributed by atoms with Gasteiger partial charge >= 0.3 is 6.09 Å². The van der Waals surface area contributed by atoms with E-state index in [-0.39, 0.29) is 41.9 Å². The Bertz CT molecular complexity index is 660. The molecule has 0 bridgehead atoms. The Morgan fingerprint density at radius 1 is 1.31 bits per heavy atom. The number of halogens is 2. The van der Waals surface area contributed by atoms with Crippen molar-refractivity contribution in [3.05, 3.63) is 35.6 Å². The summed E-state index contributed by atoms with van der Waals surface area (Å²) in [7, 11) is 0. The van der Waals surface area contributed by atoms with E-state index in [4.69, 9.17) is 4.74 Å². The van der Waals surface area contributed by atoms with Crippen LogP contribution in [0.15, 0.2) is 29.3 Å². The number of nitrogens with zero attached hydrogens (tertiary/aromatic N) is 3. The molecule has 8 heteroatoms. The summed E-state index contributed by atoms with van der Waals surface area (Å²) in [5.41, 5.74) is 0.516. The van der Waals surface area contributed by atoms with E-state index in [1.54, 1.807) is 17.0 Å². The smallest absolute Gasteiger partial charge is 0.410 e. The van der Waals surface area contributed by atoms with E-state index in [0.29, 0.717) is 26.2 Å². The maximum Gasteiger partial charge on any atom is 0.410 e. The number of nitrogens with one attached hydrogen (secondary N) is 1. The molecule has 1 atom stereocenters. The molecule has 6 nitrogen and oxygen atoms in total.